The summed E-state index contributed by atoms with van der Waals surface area (Å²) in [5.41, 5.74) is 7.43. The van der Waals surface area contributed by atoms with Crippen LogP contribution in [0.5, 0.6) is 0 Å². The number of nitrogens with one attached hydrogen (secondary N) is 1. The van der Waals surface area contributed by atoms with E-state index in [9.17, 15) is 0 Å². The molecular weight excluding hydrogens is 206 g/mol. The summed E-state index contributed by atoms with van der Waals surface area (Å²) in [6, 6.07) is 4.27. The standard InChI is InChI=1S/C10H13N5O/c1-7-3-2-4-12-8(7)6-13-10-15-14-9(5-11)16-10/h2-4H,5-6,11H2,1H3,(H,13,15). The number of hydrogen-bond acceptors (Lipinski definition) is 6. The SMILES string of the molecule is Cc1cccnc1CNc1nnc(CN)o1. The summed E-state index contributed by atoms with van der Waals surface area (Å²) < 4.78 is 5.21. The predicted octanol–water partition coefficient (Wildman–Crippen LogP) is 0.844. The molecule has 0 aliphatic carbocycles. The lowest BCUT2D eigenvalue weighted by atomic mass is 10.2. The zero-order valence-electron chi connectivity index (χ0n) is 8.97. The monoisotopic (exact) mass is 219 g/mol. The average molecular weight is 219 g/mol. The molecule has 3 N–H and O–H groups in total. The Morgan fingerprint density at radius 1 is 1.44 bits per heavy atom. The molecule has 84 valence electrons. The van der Waals surface area contributed by atoms with Crippen molar-refractivity contribution in [2.45, 2.75) is 20.0 Å². The Morgan fingerprint density at radius 3 is 3.00 bits per heavy atom. The van der Waals surface area contributed by atoms with E-state index in [1.54, 1.807) is 6.20 Å². The highest BCUT2D eigenvalue weighted by atomic mass is 16.4. The molecule has 0 fully saturated rings. The maximum Gasteiger partial charge on any atom is 0.315 e. The summed E-state index contributed by atoms with van der Waals surface area (Å²) in [6.45, 7) is 2.80. The van der Waals surface area contributed by atoms with Crippen LogP contribution in [0.2, 0.25) is 0 Å². The largest absolute Gasteiger partial charge is 0.407 e. The number of rotatable bonds is 4. The minimum absolute atomic E-state index is 0.247. The molecule has 0 saturated carbocycles. The molecule has 16 heavy (non-hydrogen) atoms. The number of anilines is 1. The first-order valence-electron chi connectivity index (χ1n) is 4.96. The molecule has 0 amide bonds. The zero-order chi connectivity index (χ0) is 11.4. The van der Waals surface area contributed by atoms with Crippen LogP contribution in [-0.2, 0) is 13.1 Å². The van der Waals surface area contributed by atoms with Gasteiger partial charge in [-0.15, -0.1) is 5.10 Å². The minimum Gasteiger partial charge on any atom is -0.407 e. The van der Waals surface area contributed by atoms with Gasteiger partial charge in [0.1, 0.15) is 0 Å². The van der Waals surface area contributed by atoms with Crippen LogP contribution in [-0.4, -0.2) is 15.2 Å². The van der Waals surface area contributed by atoms with Crippen molar-refractivity contribution >= 4 is 6.01 Å². The van der Waals surface area contributed by atoms with Gasteiger partial charge >= 0.3 is 6.01 Å². The van der Waals surface area contributed by atoms with Gasteiger partial charge in [-0.1, -0.05) is 11.2 Å². The number of nitrogens with zero attached hydrogens (tertiary/aromatic N) is 3. The Hall–Kier alpha value is -1.95. The first-order valence-corrected chi connectivity index (χ1v) is 4.96. The molecule has 0 aliphatic heterocycles. The van der Waals surface area contributed by atoms with Crippen molar-refractivity contribution in [3.8, 4) is 0 Å². The molecular formula is C10H13N5O. The molecule has 0 aromatic carbocycles. The molecule has 2 rings (SSSR count). The highest BCUT2D eigenvalue weighted by molar-refractivity contribution is 5.24. The van der Waals surface area contributed by atoms with Crippen LogP contribution < -0.4 is 11.1 Å². The van der Waals surface area contributed by atoms with E-state index >= 15 is 0 Å². The lowest BCUT2D eigenvalue weighted by Gasteiger charge is -2.03. The zero-order valence-corrected chi connectivity index (χ0v) is 8.97. The van der Waals surface area contributed by atoms with Gasteiger partial charge in [-0.05, 0) is 18.6 Å². The first-order chi connectivity index (χ1) is 7.79. The topological polar surface area (TPSA) is 89.9 Å². The van der Waals surface area contributed by atoms with E-state index in [1.165, 1.54) is 0 Å². The Labute approximate surface area is 92.9 Å². The molecule has 0 saturated heterocycles. The molecule has 0 radical (unpaired) electrons. The van der Waals surface area contributed by atoms with Gasteiger partial charge in [-0.25, -0.2) is 0 Å². The van der Waals surface area contributed by atoms with Crippen LogP contribution in [0.15, 0.2) is 22.7 Å². The van der Waals surface area contributed by atoms with Crippen LogP contribution in [0.3, 0.4) is 0 Å². The van der Waals surface area contributed by atoms with E-state index in [0.717, 1.165) is 11.3 Å². The van der Waals surface area contributed by atoms with Gasteiger partial charge in [-0.2, -0.15) is 0 Å². The summed E-state index contributed by atoms with van der Waals surface area (Å²) in [7, 11) is 0. The van der Waals surface area contributed by atoms with Gasteiger partial charge in [0, 0.05) is 6.20 Å². The van der Waals surface area contributed by atoms with Crippen LogP contribution in [0.25, 0.3) is 0 Å². The van der Waals surface area contributed by atoms with E-state index in [0.29, 0.717) is 18.5 Å². The number of nitrogens with two attached hydrogens (primary N) is 1. The number of aromatic nitrogens is 3. The van der Waals surface area contributed by atoms with Gasteiger partial charge < -0.3 is 15.5 Å². The van der Waals surface area contributed by atoms with Gasteiger partial charge in [0.05, 0.1) is 18.8 Å². The fraction of sp³-hybridized carbons (Fsp3) is 0.300. The Kier molecular flexibility index (Phi) is 3.11. The molecule has 2 aromatic heterocycles. The van der Waals surface area contributed by atoms with E-state index < -0.39 is 0 Å². The molecule has 0 atom stereocenters. The van der Waals surface area contributed by atoms with E-state index in [1.807, 2.05) is 19.1 Å². The highest BCUT2D eigenvalue weighted by Gasteiger charge is 2.04. The summed E-state index contributed by atoms with van der Waals surface area (Å²) in [5, 5.41) is 10.5. The van der Waals surface area contributed by atoms with Crippen LogP contribution >= 0.6 is 0 Å². The molecule has 0 bridgehead atoms. The van der Waals surface area contributed by atoms with Crippen LogP contribution in [0, 0.1) is 6.92 Å². The molecule has 0 aliphatic rings. The quantitative estimate of drug-likeness (QED) is 0.792. The third kappa shape index (κ3) is 2.34. The molecule has 2 heterocycles. The van der Waals surface area contributed by atoms with Gasteiger partial charge in [-0.3, -0.25) is 4.98 Å². The lowest BCUT2D eigenvalue weighted by molar-refractivity contribution is 0.507. The van der Waals surface area contributed by atoms with Crippen LogP contribution in [0.4, 0.5) is 6.01 Å². The summed E-state index contributed by atoms with van der Waals surface area (Å²) in [4.78, 5) is 4.24. The second-order valence-electron chi connectivity index (χ2n) is 3.33. The molecule has 0 spiro atoms. The van der Waals surface area contributed by atoms with Crippen molar-refractivity contribution < 1.29 is 4.42 Å². The van der Waals surface area contributed by atoms with E-state index in [2.05, 4.69) is 20.5 Å². The normalized spacial score (nSPS) is 10.4. The van der Waals surface area contributed by atoms with Gasteiger partial charge in [0.25, 0.3) is 0 Å². The van der Waals surface area contributed by atoms with Crippen molar-refractivity contribution in [1.29, 1.82) is 0 Å². The molecule has 6 heteroatoms. The van der Waals surface area contributed by atoms with Crippen molar-refractivity contribution in [3.63, 3.8) is 0 Å². The predicted molar refractivity (Wildman–Crippen MR) is 58.5 cm³/mol. The average Bonchev–Trinajstić information content (AvgIpc) is 2.76. The number of pyridine rings is 1. The fourth-order valence-corrected chi connectivity index (χ4v) is 1.27. The third-order valence-corrected chi connectivity index (χ3v) is 2.17. The Morgan fingerprint density at radius 2 is 2.31 bits per heavy atom. The first kappa shape index (κ1) is 10.6. The number of hydrogen-bond donors (Lipinski definition) is 2. The second kappa shape index (κ2) is 4.71. The van der Waals surface area contributed by atoms with E-state index in [4.69, 9.17) is 10.2 Å². The minimum atomic E-state index is 0.247. The highest BCUT2D eigenvalue weighted by Crippen LogP contribution is 2.08. The molecule has 2 aromatic rings. The smallest absolute Gasteiger partial charge is 0.315 e. The summed E-state index contributed by atoms with van der Waals surface area (Å²) in [6.07, 6.45) is 1.75. The van der Waals surface area contributed by atoms with Crippen molar-refractivity contribution in [3.05, 3.63) is 35.5 Å². The van der Waals surface area contributed by atoms with Gasteiger partial charge in [0.2, 0.25) is 5.89 Å². The van der Waals surface area contributed by atoms with Crippen molar-refractivity contribution in [2.24, 2.45) is 5.73 Å². The Balaban J connectivity index is 1.99. The Bertz CT molecular complexity index is 468. The third-order valence-electron chi connectivity index (χ3n) is 2.17. The second-order valence-corrected chi connectivity index (χ2v) is 3.33. The number of aryl methyl sites for hydroxylation is 1. The maximum atomic E-state index is 5.36. The van der Waals surface area contributed by atoms with Crippen molar-refractivity contribution in [2.75, 3.05) is 5.32 Å². The van der Waals surface area contributed by atoms with E-state index in [-0.39, 0.29) is 6.54 Å². The molecule has 0 unspecified atom stereocenters. The molecule has 6 nitrogen and oxygen atoms in total. The summed E-state index contributed by atoms with van der Waals surface area (Å²) in [5.74, 6) is 0.417. The fourth-order valence-electron chi connectivity index (χ4n) is 1.27. The summed E-state index contributed by atoms with van der Waals surface area (Å²) >= 11 is 0. The van der Waals surface area contributed by atoms with Crippen molar-refractivity contribution in [1.82, 2.24) is 15.2 Å². The van der Waals surface area contributed by atoms with Gasteiger partial charge in [0.15, 0.2) is 0 Å². The van der Waals surface area contributed by atoms with Crippen LogP contribution in [0.1, 0.15) is 17.1 Å². The lowest BCUT2D eigenvalue weighted by Crippen LogP contribution is -2.03. The maximum absolute atomic E-state index is 5.36.